The van der Waals surface area contributed by atoms with E-state index < -0.39 is 0 Å². The minimum Gasteiger partial charge on any atom is -0.754 e. The quantitative estimate of drug-likeness (QED) is 0.285. The normalized spacial score (nSPS) is 15.0. The van der Waals surface area contributed by atoms with Crippen molar-refractivity contribution in [3.63, 3.8) is 0 Å². The molecule has 1 heterocycles. The smallest absolute Gasteiger partial charge is 0.360 e. The summed E-state index contributed by atoms with van der Waals surface area (Å²) < 4.78 is 0.773. The fourth-order valence-electron chi connectivity index (χ4n) is 1.98. The van der Waals surface area contributed by atoms with Gasteiger partial charge in [-0.1, -0.05) is 23.7 Å². The second-order valence-electron chi connectivity index (χ2n) is 4.40. The van der Waals surface area contributed by atoms with E-state index in [1.807, 2.05) is 24.0 Å². The highest BCUT2D eigenvalue weighted by molar-refractivity contribution is 6.31. The fourth-order valence-corrected chi connectivity index (χ4v) is 2.17. The van der Waals surface area contributed by atoms with E-state index in [2.05, 4.69) is 22.4 Å². The maximum atomic E-state index is 12.5. The van der Waals surface area contributed by atoms with Crippen molar-refractivity contribution in [2.75, 3.05) is 19.8 Å². The molecule has 0 saturated heterocycles. The molecule has 1 aromatic carbocycles. The Kier molecular flexibility index (Phi) is 5.19. The first-order valence-corrected chi connectivity index (χ1v) is 7.04. The van der Waals surface area contributed by atoms with Crippen LogP contribution in [0.3, 0.4) is 0 Å². The Balaban J connectivity index is 2.34. The average Bonchev–Trinajstić information content (AvgIpc) is 2.48. The van der Waals surface area contributed by atoms with Crippen LogP contribution in [0.1, 0.15) is 12.5 Å². The van der Waals surface area contributed by atoms with Crippen molar-refractivity contribution in [2.45, 2.75) is 6.92 Å². The molecule has 7 heteroatoms. The van der Waals surface area contributed by atoms with Crippen LogP contribution in [0.4, 0.5) is 0 Å². The van der Waals surface area contributed by atoms with Crippen LogP contribution in [-0.2, 0) is 0 Å². The lowest BCUT2D eigenvalue weighted by Crippen LogP contribution is -2.51. The second kappa shape index (κ2) is 7.10. The minimum atomic E-state index is 0.219. The van der Waals surface area contributed by atoms with Crippen LogP contribution >= 0.6 is 11.6 Å². The van der Waals surface area contributed by atoms with Gasteiger partial charge >= 0.3 is 5.96 Å². The summed E-state index contributed by atoms with van der Waals surface area (Å²) in [5, 5.41) is 13.1. The number of aliphatic imine (C=N–C) groups is 1. The third-order valence-electron chi connectivity index (χ3n) is 2.99. The number of halogens is 1. The van der Waals surface area contributed by atoms with E-state index in [4.69, 9.17) is 11.6 Å². The first kappa shape index (κ1) is 15.3. The summed E-state index contributed by atoms with van der Waals surface area (Å²) in [7, 11) is 0. The lowest BCUT2D eigenvalue weighted by atomic mass is 10.2. The Morgan fingerprint density at radius 3 is 3.05 bits per heavy atom. The van der Waals surface area contributed by atoms with Gasteiger partial charge < -0.3 is 5.21 Å². The minimum absolute atomic E-state index is 0.219. The molecule has 0 aliphatic carbocycles. The molecule has 2 N–H and O–H groups in total. The predicted octanol–water partition coefficient (Wildman–Crippen LogP) is 1.53. The molecule has 1 aromatic rings. The van der Waals surface area contributed by atoms with E-state index in [1.165, 1.54) is 0 Å². The number of nitrogens with one attached hydrogen (secondary N) is 2. The van der Waals surface area contributed by atoms with E-state index >= 15 is 0 Å². The number of rotatable bonds is 5. The number of benzene rings is 1. The third-order valence-corrected chi connectivity index (χ3v) is 3.22. The Hall–Kier alpha value is -2.05. The highest BCUT2D eigenvalue weighted by atomic mass is 35.5. The van der Waals surface area contributed by atoms with Crippen LogP contribution in [0.15, 0.2) is 41.9 Å². The van der Waals surface area contributed by atoms with Gasteiger partial charge in [-0.15, -0.1) is 11.6 Å². The number of nitrogens with zero attached hydrogens (tertiary/aromatic N) is 3. The number of hydrogen-bond acceptors (Lipinski definition) is 5. The van der Waals surface area contributed by atoms with Gasteiger partial charge in [-0.2, -0.15) is 5.43 Å². The van der Waals surface area contributed by atoms with Crippen LogP contribution in [-0.4, -0.2) is 41.2 Å². The molecule has 1 aliphatic heterocycles. The molecule has 0 spiro atoms. The van der Waals surface area contributed by atoms with Crippen molar-refractivity contribution in [3.05, 3.63) is 52.7 Å². The van der Waals surface area contributed by atoms with E-state index in [0.717, 1.165) is 10.3 Å². The van der Waals surface area contributed by atoms with E-state index in [-0.39, 0.29) is 5.96 Å². The molecule has 0 atom stereocenters. The Bertz CT molecular complexity index is 584. The number of guanidine groups is 1. The summed E-state index contributed by atoms with van der Waals surface area (Å²) in [4.78, 5) is 6.11. The second-order valence-corrected chi connectivity index (χ2v) is 4.84. The maximum absolute atomic E-state index is 12.5. The number of amidine groups is 1. The zero-order valence-corrected chi connectivity index (χ0v) is 12.6. The van der Waals surface area contributed by atoms with Gasteiger partial charge in [-0.3, -0.25) is 4.90 Å². The van der Waals surface area contributed by atoms with Crippen LogP contribution in [0.2, 0.25) is 5.02 Å². The van der Waals surface area contributed by atoms with Gasteiger partial charge in [0.2, 0.25) is 5.84 Å². The van der Waals surface area contributed by atoms with Crippen LogP contribution in [0.5, 0.6) is 0 Å². The van der Waals surface area contributed by atoms with Gasteiger partial charge in [0.25, 0.3) is 0 Å². The number of hydroxylamine groups is 1. The highest BCUT2D eigenvalue weighted by Crippen LogP contribution is 2.15. The molecule has 0 saturated carbocycles. The topological polar surface area (TPSA) is 65.7 Å². The van der Waals surface area contributed by atoms with Gasteiger partial charge in [0.05, 0.1) is 6.54 Å². The molecule has 1 aliphatic rings. The molecule has 0 radical (unpaired) electrons. The molecule has 0 unspecified atom stereocenters. The summed E-state index contributed by atoms with van der Waals surface area (Å²) in [6, 6.07) is 7.22. The Morgan fingerprint density at radius 2 is 2.38 bits per heavy atom. The van der Waals surface area contributed by atoms with Gasteiger partial charge in [0.15, 0.2) is 6.67 Å². The maximum Gasteiger partial charge on any atom is 0.360 e. The van der Waals surface area contributed by atoms with Crippen molar-refractivity contribution < 1.29 is 4.74 Å². The highest BCUT2D eigenvalue weighted by Gasteiger charge is 2.25. The van der Waals surface area contributed by atoms with Crippen LogP contribution in [0.25, 0.3) is 0 Å². The third kappa shape index (κ3) is 3.53. The zero-order chi connectivity index (χ0) is 15.2. The van der Waals surface area contributed by atoms with E-state index in [1.54, 1.807) is 18.2 Å². The molecule has 0 bridgehead atoms. The molecule has 112 valence electrons. The van der Waals surface area contributed by atoms with Gasteiger partial charge in [-0.05, 0) is 25.1 Å². The predicted molar refractivity (Wildman–Crippen MR) is 85.2 cm³/mol. The molecule has 6 nitrogen and oxygen atoms in total. The van der Waals surface area contributed by atoms with E-state index in [0.29, 0.717) is 30.6 Å². The van der Waals surface area contributed by atoms with Crippen LogP contribution < -0.4 is 10.9 Å². The zero-order valence-electron chi connectivity index (χ0n) is 11.8. The van der Waals surface area contributed by atoms with E-state index in [9.17, 15) is 5.21 Å². The SMILES string of the molecule is C=CCNNC1=NCN(CC)C(c2cccc(Cl)c2)=[N+]1[O-]. The molecular formula is C14H18ClN5O. The lowest BCUT2D eigenvalue weighted by molar-refractivity contribution is -0.342. The Morgan fingerprint density at radius 1 is 1.57 bits per heavy atom. The number of hydrogen-bond donors (Lipinski definition) is 2. The summed E-state index contributed by atoms with van der Waals surface area (Å²) in [5.74, 6) is 0.745. The number of hydrazine groups is 1. The Labute approximate surface area is 129 Å². The molecule has 0 aromatic heterocycles. The molecule has 0 amide bonds. The molecule has 2 rings (SSSR count). The van der Waals surface area contributed by atoms with Gasteiger partial charge in [-0.25, -0.2) is 10.2 Å². The van der Waals surface area contributed by atoms with Crippen molar-refractivity contribution in [1.29, 1.82) is 0 Å². The largest absolute Gasteiger partial charge is 0.754 e. The van der Waals surface area contributed by atoms with Crippen LogP contribution in [0, 0.1) is 5.21 Å². The summed E-state index contributed by atoms with van der Waals surface area (Å²) >= 11 is 6.02. The first-order valence-electron chi connectivity index (χ1n) is 6.66. The summed E-state index contributed by atoms with van der Waals surface area (Å²) in [5.41, 5.74) is 6.41. The van der Waals surface area contributed by atoms with Crippen molar-refractivity contribution in [1.82, 2.24) is 15.8 Å². The van der Waals surface area contributed by atoms with Crippen molar-refractivity contribution in [2.24, 2.45) is 4.99 Å². The standard InChI is InChI=1S/C14H18ClN5O/c1-3-8-17-18-14-16-10-19(4-2)13(20(14)21)11-6-5-7-12(15)9-11/h3,5-7,9,17H,1,4,8,10H2,2H3,(H,16,18). The van der Waals surface area contributed by atoms with Gasteiger partial charge in [0.1, 0.15) is 0 Å². The van der Waals surface area contributed by atoms with Crippen molar-refractivity contribution in [3.8, 4) is 0 Å². The average molecular weight is 308 g/mol. The first-order chi connectivity index (χ1) is 10.2. The molecular weight excluding hydrogens is 290 g/mol. The monoisotopic (exact) mass is 307 g/mol. The molecule has 21 heavy (non-hydrogen) atoms. The molecule has 0 fully saturated rings. The fraction of sp³-hybridized carbons (Fsp3) is 0.286. The summed E-state index contributed by atoms with van der Waals surface area (Å²) in [6.45, 7) is 7.19. The van der Waals surface area contributed by atoms with Crippen molar-refractivity contribution >= 4 is 23.4 Å². The van der Waals surface area contributed by atoms with Gasteiger partial charge in [0, 0.05) is 17.1 Å². The summed E-state index contributed by atoms with van der Waals surface area (Å²) in [6.07, 6.45) is 1.69. The lowest BCUT2D eigenvalue weighted by Gasteiger charge is -2.29.